The predicted octanol–water partition coefficient (Wildman–Crippen LogP) is 6.68. The summed E-state index contributed by atoms with van der Waals surface area (Å²) in [5, 5.41) is 21.8. The monoisotopic (exact) mass is 494 g/mol. The second kappa shape index (κ2) is 9.28. The van der Waals surface area contributed by atoms with E-state index >= 15 is 0 Å². The van der Waals surface area contributed by atoms with Crippen LogP contribution in [-0.4, -0.2) is 31.3 Å². The summed E-state index contributed by atoms with van der Waals surface area (Å²) in [6.45, 7) is 7.38. The minimum atomic E-state index is -0.894. The Labute approximate surface area is 215 Å². The molecule has 0 saturated heterocycles. The van der Waals surface area contributed by atoms with E-state index in [1.54, 1.807) is 13.8 Å². The summed E-state index contributed by atoms with van der Waals surface area (Å²) in [4.78, 5) is 24.2. The second-order valence-electron chi connectivity index (χ2n) is 9.64. The number of carboxylic acids is 2. The van der Waals surface area contributed by atoms with Gasteiger partial charge >= 0.3 is 11.9 Å². The van der Waals surface area contributed by atoms with Gasteiger partial charge in [-0.25, -0.2) is 9.59 Å². The fraction of sp³-hybridized carbons (Fsp3) is 0.226. The van der Waals surface area contributed by atoms with Crippen LogP contribution in [0.2, 0.25) is 0 Å². The molecule has 5 aromatic rings. The van der Waals surface area contributed by atoms with Crippen molar-refractivity contribution in [2.45, 2.75) is 45.7 Å². The van der Waals surface area contributed by atoms with Gasteiger partial charge in [-0.15, -0.1) is 0 Å². The van der Waals surface area contributed by atoms with Gasteiger partial charge in [0.1, 0.15) is 12.1 Å². The smallest absolute Gasteiger partial charge is 0.326 e. The van der Waals surface area contributed by atoms with E-state index in [1.165, 1.54) is 0 Å². The molecular formula is C31H30N2O4. The molecule has 0 amide bonds. The quantitative estimate of drug-likeness (QED) is 0.264. The van der Waals surface area contributed by atoms with Crippen molar-refractivity contribution < 1.29 is 19.8 Å². The third kappa shape index (κ3) is 3.80. The Bertz CT molecular complexity index is 1540. The van der Waals surface area contributed by atoms with Crippen LogP contribution in [-0.2, 0) is 9.59 Å². The molecule has 6 nitrogen and oxygen atoms in total. The summed E-state index contributed by atoms with van der Waals surface area (Å²) < 4.78 is 3.80. The number of benzene rings is 3. The van der Waals surface area contributed by atoms with Crippen LogP contribution in [0.1, 0.15) is 59.9 Å². The van der Waals surface area contributed by atoms with Gasteiger partial charge in [0.2, 0.25) is 0 Å². The molecule has 2 N–H and O–H groups in total. The Kier molecular flexibility index (Phi) is 6.12. The summed E-state index contributed by atoms with van der Waals surface area (Å²) in [7, 11) is 0. The van der Waals surface area contributed by atoms with Crippen molar-refractivity contribution in [1.82, 2.24) is 9.13 Å². The molecule has 0 fully saturated rings. The lowest BCUT2D eigenvalue weighted by Gasteiger charge is -2.22. The minimum absolute atomic E-state index is 0.236. The molecule has 0 aliphatic heterocycles. The number of fused-ring (bicyclic) bond motifs is 2. The largest absolute Gasteiger partial charge is 0.480 e. The van der Waals surface area contributed by atoms with Crippen LogP contribution in [0.5, 0.6) is 0 Å². The molecule has 5 rings (SSSR count). The third-order valence-corrected chi connectivity index (χ3v) is 7.61. The van der Waals surface area contributed by atoms with Gasteiger partial charge in [0.25, 0.3) is 0 Å². The van der Waals surface area contributed by atoms with E-state index in [9.17, 15) is 19.8 Å². The van der Waals surface area contributed by atoms with Gasteiger partial charge < -0.3 is 19.3 Å². The molecule has 2 aromatic heterocycles. The summed E-state index contributed by atoms with van der Waals surface area (Å²) in [6, 6.07) is 24.5. The molecular weight excluding hydrogens is 464 g/mol. The van der Waals surface area contributed by atoms with Crippen molar-refractivity contribution in [3.05, 3.63) is 107 Å². The average molecular weight is 495 g/mol. The zero-order chi connectivity index (χ0) is 26.4. The van der Waals surface area contributed by atoms with Crippen LogP contribution < -0.4 is 0 Å². The molecule has 2 heterocycles. The molecule has 0 radical (unpaired) electrons. The zero-order valence-corrected chi connectivity index (χ0v) is 21.3. The van der Waals surface area contributed by atoms with Crippen LogP contribution in [0.15, 0.2) is 78.9 Å². The van der Waals surface area contributed by atoms with Crippen molar-refractivity contribution in [3.8, 4) is 0 Å². The molecule has 3 aromatic carbocycles. The number of para-hydroxylation sites is 2. The number of hydrogen-bond donors (Lipinski definition) is 2. The Morgan fingerprint density at radius 2 is 1.00 bits per heavy atom. The number of aromatic nitrogens is 2. The second-order valence-corrected chi connectivity index (χ2v) is 9.64. The molecule has 0 saturated carbocycles. The first-order chi connectivity index (χ1) is 17.7. The highest BCUT2D eigenvalue weighted by Crippen LogP contribution is 2.45. The summed E-state index contributed by atoms with van der Waals surface area (Å²) >= 11 is 0. The number of carbonyl (C=O) groups is 2. The maximum atomic E-state index is 12.1. The van der Waals surface area contributed by atoms with Crippen LogP contribution >= 0.6 is 0 Å². The van der Waals surface area contributed by atoms with Gasteiger partial charge in [-0.3, -0.25) is 0 Å². The van der Waals surface area contributed by atoms with Crippen molar-refractivity contribution in [2.24, 2.45) is 0 Å². The topological polar surface area (TPSA) is 84.5 Å². The summed E-state index contributed by atoms with van der Waals surface area (Å²) in [6.07, 6.45) is 0. The van der Waals surface area contributed by atoms with E-state index in [0.717, 1.165) is 49.9 Å². The SMILES string of the molecule is Cc1c(C(c2ccccc2)c2c(C)n(C(C)C(=O)O)c3ccccc23)c2ccccc2n1C(C)C(=O)O. The van der Waals surface area contributed by atoms with Gasteiger partial charge in [0.05, 0.1) is 0 Å². The molecule has 0 aliphatic carbocycles. The highest BCUT2D eigenvalue weighted by Gasteiger charge is 2.32. The van der Waals surface area contributed by atoms with Gasteiger partial charge in [0.15, 0.2) is 0 Å². The first-order valence-electron chi connectivity index (χ1n) is 12.4. The maximum Gasteiger partial charge on any atom is 0.326 e. The Hall–Kier alpha value is -4.32. The Morgan fingerprint density at radius 1 is 0.622 bits per heavy atom. The van der Waals surface area contributed by atoms with Gasteiger partial charge in [-0.1, -0.05) is 66.7 Å². The lowest BCUT2D eigenvalue weighted by atomic mass is 9.82. The van der Waals surface area contributed by atoms with Crippen molar-refractivity contribution in [2.75, 3.05) is 0 Å². The lowest BCUT2D eigenvalue weighted by Crippen LogP contribution is -2.18. The van der Waals surface area contributed by atoms with Crippen LogP contribution in [0.25, 0.3) is 21.8 Å². The highest BCUT2D eigenvalue weighted by atomic mass is 16.4. The fourth-order valence-electron chi connectivity index (χ4n) is 5.90. The average Bonchev–Trinajstić information content (AvgIpc) is 3.35. The molecule has 0 aliphatic rings. The highest BCUT2D eigenvalue weighted by molar-refractivity contribution is 5.93. The number of aliphatic carboxylic acids is 2. The maximum absolute atomic E-state index is 12.1. The van der Waals surface area contributed by atoms with Gasteiger partial charge in [-0.05, 0) is 56.5 Å². The molecule has 2 atom stereocenters. The van der Waals surface area contributed by atoms with Gasteiger partial charge in [-0.2, -0.15) is 0 Å². The van der Waals surface area contributed by atoms with Crippen molar-refractivity contribution >= 4 is 33.7 Å². The van der Waals surface area contributed by atoms with Crippen LogP contribution in [0, 0.1) is 13.8 Å². The summed E-state index contributed by atoms with van der Waals surface area (Å²) in [5.74, 6) is -2.02. The number of rotatable bonds is 7. The zero-order valence-electron chi connectivity index (χ0n) is 21.3. The number of hydrogen-bond acceptors (Lipinski definition) is 2. The van der Waals surface area contributed by atoms with E-state index in [1.807, 2.05) is 89.7 Å². The predicted molar refractivity (Wildman–Crippen MR) is 145 cm³/mol. The molecule has 2 unspecified atom stereocenters. The lowest BCUT2D eigenvalue weighted by molar-refractivity contribution is -0.141. The van der Waals surface area contributed by atoms with E-state index in [-0.39, 0.29) is 5.92 Å². The normalized spacial score (nSPS) is 14.1. The van der Waals surface area contributed by atoms with Crippen molar-refractivity contribution in [3.63, 3.8) is 0 Å². The minimum Gasteiger partial charge on any atom is -0.480 e. The van der Waals surface area contributed by atoms with E-state index in [4.69, 9.17) is 0 Å². The molecule has 188 valence electrons. The first-order valence-corrected chi connectivity index (χ1v) is 12.4. The van der Waals surface area contributed by atoms with Gasteiger partial charge in [0, 0.05) is 39.1 Å². The number of carboxylic acid groups (broad SMARTS) is 2. The van der Waals surface area contributed by atoms with E-state index in [2.05, 4.69) is 12.1 Å². The number of nitrogens with zero attached hydrogens (tertiary/aromatic N) is 2. The van der Waals surface area contributed by atoms with E-state index in [0.29, 0.717) is 0 Å². The Balaban J connectivity index is 1.93. The molecule has 0 spiro atoms. The molecule has 0 bridgehead atoms. The standard InChI is InChI=1S/C31H30N2O4/c1-18-27(23-14-8-10-16-25(23)32(18)20(3)30(34)35)29(22-12-6-5-7-13-22)28-19(2)33(21(4)31(36)37)26-17-11-9-15-24(26)28/h5-17,20-21,29H,1-4H3,(H,34,35)(H,36,37). The third-order valence-electron chi connectivity index (χ3n) is 7.61. The Morgan fingerprint density at radius 3 is 1.41 bits per heavy atom. The van der Waals surface area contributed by atoms with E-state index < -0.39 is 24.0 Å². The van der Waals surface area contributed by atoms with Crippen LogP contribution in [0.4, 0.5) is 0 Å². The first kappa shape index (κ1) is 24.4. The van der Waals surface area contributed by atoms with Crippen molar-refractivity contribution in [1.29, 1.82) is 0 Å². The molecule has 6 heteroatoms. The summed E-state index contributed by atoms with van der Waals surface area (Å²) in [5.41, 5.74) is 6.62. The van der Waals surface area contributed by atoms with Crippen LogP contribution in [0.3, 0.4) is 0 Å². The fourth-order valence-corrected chi connectivity index (χ4v) is 5.90. The molecule has 37 heavy (non-hydrogen) atoms.